The molecule has 174 valence electrons. The van der Waals surface area contributed by atoms with E-state index in [2.05, 4.69) is 39.5 Å². The minimum absolute atomic E-state index is 0.0301. The van der Waals surface area contributed by atoms with E-state index in [0.29, 0.717) is 6.42 Å². The molecular formula is C24H28N4O3S2. The second kappa shape index (κ2) is 9.48. The van der Waals surface area contributed by atoms with Crippen molar-refractivity contribution in [3.05, 3.63) is 65.7 Å². The highest BCUT2D eigenvalue weighted by molar-refractivity contribution is 8.15. The van der Waals surface area contributed by atoms with Crippen LogP contribution >= 0.6 is 11.8 Å². The second-order valence-corrected chi connectivity index (χ2v) is 12.3. The van der Waals surface area contributed by atoms with Gasteiger partial charge in [0.15, 0.2) is 15.0 Å². The maximum absolute atomic E-state index is 12.8. The fraction of sp³-hybridized carbons (Fsp3) is 0.417. The van der Waals surface area contributed by atoms with E-state index in [0.717, 1.165) is 49.1 Å². The lowest BCUT2D eigenvalue weighted by Crippen LogP contribution is -2.48. The van der Waals surface area contributed by atoms with Crippen LogP contribution in [0.2, 0.25) is 0 Å². The lowest BCUT2D eigenvalue weighted by atomic mass is 10.1. The van der Waals surface area contributed by atoms with Gasteiger partial charge in [0.05, 0.1) is 24.0 Å². The third-order valence-electron chi connectivity index (χ3n) is 6.35. The first-order valence-electron chi connectivity index (χ1n) is 11.3. The Kier molecular flexibility index (Phi) is 6.44. The molecule has 3 heterocycles. The molecule has 9 heteroatoms. The third-order valence-corrected chi connectivity index (χ3v) is 9.49. The predicted octanol–water partition coefficient (Wildman–Crippen LogP) is 2.25. The second-order valence-electron chi connectivity index (χ2n) is 8.88. The van der Waals surface area contributed by atoms with E-state index in [1.807, 2.05) is 35.2 Å². The summed E-state index contributed by atoms with van der Waals surface area (Å²) in [6, 6.07) is 18.2. The third kappa shape index (κ3) is 5.59. The smallest absolute Gasteiger partial charge is 0.227 e. The zero-order valence-corrected chi connectivity index (χ0v) is 20.0. The summed E-state index contributed by atoms with van der Waals surface area (Å²) in [5, 5.41) is 4.09. The van der Waals surface area contributed by atoms with Crippen LogP contribution in [0, 0.1) is 0 Å². The first kappa shape index (κ1) is 22.4. The van der Waals surface area contributed by atoms with Gasteiger partial charge in [0.2, 0.25) is 5.91 Å². The zero-order valence-electron chi connectivity index (χ0n) is 18.4. The number of amidine groups is 1. The van der Waals surface area contributed by atoms with Crippen molar-refractivity contribution < 1.29 is 13.2 Å². The number of sulfone groups is 1. The number of piperazine rings is 1. The van der Waals surface area contributed by atoms with Crippen LogP contribution in [-0.2, 0) is 27.6 Å². The van der Waals surface area contributed by atoms with E-state index >= 15 is 0 Å². The lowest BCUT2D eigenvalue weighted by Gasteiger charge is -2.34. The molecule has 33 heavy (non-hydrogen) atoms. The highest BCUT2D eigenvalue weighted by Crippen LogP contribution is 2.34. The number of amides is 1. The summed E-state index contributed by atoms with van der Waals surface area (Å²) in [6.45, 7) is 4.25. The van der Waals surface area contributed by atoms with Gasteiger partial charge in [-0.05, 0) is 23.3 Å². The molecule has 2 saturated heterocycles. The van der Waals surface area contributed by atoms with Gasteiger partial charge in [0.1, 0.15) is 0 Å². The average Bonchev–Trinajstić information content (AvgIpc) is 3.28. The van der Waals surface area contributed by atoms with Crippen molar-refractivity contribution in [2.24, 2.45) is 4.99 Å². The molecule has 2 aromatic rings. The molecule has 0 aliphatic carbocycles. The molecule has 0 radical (unpaired) electrons. The van der Waals surface area contributed by atoms with Crippen molar-refractivity contribution in [1.29, 1.82) is 0 Å². The number of anilines is 1. The average molecular weight is 485 g/mol. The van der Waals surface area contributed by atoms with Crippen LogP contribution in [0.5, 0.6) is 0 Å². The van der Waals surface area contributed by atoms with Gasteiger partial charge in [-0.1, -0.05) is 54.2 Å². The van der Waals surface area contributed by atoms with E-state index in [1.54, 1.807) is 0 Å². The zero-order chi connectivity index (χ0) is 22.8. The van der Waals surface area contributed by atoms with E-state index in [4.69, 9.17) is 0 Å². The largest absolute Gasteiger partial charge is 0.340 e. The number of carbonyl (C=O) groups is 1. The van der Waals surface area contributed by atoms with Gasteiger partial charge >= 0.3 is 0 Å². The van der Waals surface area contributed by atoms with Crippen molar-refractivity contribution in [2.75, 3.05) is 43.0 Å². The van der Waals surface area contributed by atoms with Crippen molar-refractivity contribution in [3.8, 4) is 0 Å². The number of nitrogens with zero attached hydrogens (tertiary/aromatic N) is 3. The molecule has 5 rings (SSSR count). The van der Waals surface area contributed by atoms with Crippen LogP contribution in [0.4, 0.5) is 5.69 Å². The Morgan fingerprint density at radius 1 is 0.970 bits per heavy atom. The molecule has 0 aromatic heterocycles. The van der Waals surface area contributed by atoms with Crippen molar-refractivity contribution >= 4 is 38.4 Å². The molecule has 1 amide bonds. The molecule has 0 saturated carbocycles. The normalized spacial score (nSPS) is 24.4. The number of aliphatic imine (C=N–C) groups is 1. The maximum Gasteiger partial charge on any atom is 0.227 e. The number of benzene rings is 2. The van der Waals surface area contributed by atoms with Gasteiger partial charge in [-0.25, -0.2) is 8.42 Å². The Labute approximate surface area is 199 Å². The first-order valence-corrected chi connectivity index (χ1v) is 14.0. The van der Waals surface area contributed by atoms with E-state index < -0.39 is 9.84 Å². The standard InChI is InChI=1S/C24H28N4O3S2/c29-23(28-12-10-27(11-13-28)15-19-4-2-1-3-5-19)14-18-6-8-20(9-7-18)25-24-26-21-16-33(30,31)17-22(21)32-24/h1-9,21-22H,10-17H2,(H,25,26)/t21-,22-/m1/s1. The van der Waals surface area contributed by atoms with Crippen molar-refractivity contribution in [3.63, 3.8) is 0 Å². The van der Waals surface area contributed by atoms with Gasteiger partial charge < -0.3 is 10.2 Å². The summed E-state index contributed by atoms with van der Waals surface area (Å²) in [5.41, 5.74) is 3.19. The Hall–Kier alpha value is -2.36. The highest BCUT2D eigenvalue weighted by Gasteiger charge is 2.42. The summed E-state index contributed by atoms with van der Waals surface area (Å²) in [5.74, 6) is 0.524. The molecule has 2 aromatic carbocycles. The lowest BCUT2D eigenvalue weighted by molar-refractivity contribution is -0.132. The number of hydrogen-bond acceptors (Lipinski definition) is 7. The maximum atomic E-state index is 12.8. The minimum Gasteiger partial charge on any atom is -0.340 e. The van der Waals surface area contributed by atoms with Crippen LogP contribution in [0.3, 0.4) is 0 Å². The van der Waals surface area contributed by atoms with Crippen LogP contribution < -0.4 is 5.32 Å². The topological polar surface area (TPSA) is 82.1 Å². The number of hydrogen-bond donors (Lipinski definition) is 1. The number of thioether (sulfide) groups is 1. The Morgan fingerprint density at radius 3 is 2.39 bits per heavy atom. The quantitative estimate of drug-likeness (QED) is 0.701. The summed E-state index contributed by atoms with van der Waals surface area (Å²) in [7, 11) is -2.94. The van der Waals surface area contributed by atoms with Gasteiger partial charge in [0, 0.05) is 43.7 Å². The van der Waals surface area contributed by atoms with Crippen molar-refractivity contribution in [2.45, 2.75) is 24.3 Å². The SMILES string of the molecule is O=C(Cc1ccc(NC2=N[C@@H]3CS(=O)(=O)C[C@H]3S2)cc1)N1CCN(Cc2ccccc2)CC1. The van der Waals surface area contributed by atoms with Crippen LogP contribution in [0.1, 0.15) is 11.1 Å². The minimum atomic E-state index is -2.94. The van der Waals surface area contributed by atoms with Crippen LogP contribution in [0.25, 0.3) is 0 Å². The molecule has 0 unspecified atom stereocenters. The number of carbonyl (C=O) groups excluding carboxylic acids is 1. The molecule has 0 bridgehead atoms. The van der Waals surface area contributed by atoms with Gasteiger partial charge in [-0.3, -0.25) is 14.7 Å². The molecule has 2 atom stereocenters. The Bertz CT molecular complexity index is 1130. The first-order chi connectivity index (χ1) is 15.9. The predicted molar refractivity (Wildman–Crippen MR) is 133 cm³/mol. The fourth-order valence-electron chi connectivity index (χ4n) is 4.53. The van der Waals surface area contributed by atoms with E-state index in [-0.39, 0.29) is 28.7 Å². The molecule has 3 aliphatic heterocycles. The van der Waals surface area contributed by atoms with Crippen molar-refractivity contribution in [1.82, 2.24) is 9.80 Å². The Morgan fingerprint density at radius 2 is 1.70 bits per heavy atom. The molecule has 2 fully saturated rings. The number of fused-ring (bicyclic) bond motifs is 1. The number of rotatable bonds is 5. The summed E-state index contributed by atoms with van der Waals surface area (Å²) < 4.78 is 23.4. The highest BCUT2D eigenvalue weighted by atomic mass is 32.2. The van der Waals surface area contributed by atoms with Crippen LogP contribution in [0.15, 0.2) is 59.6 Å². The van der Waals surface area contributed by atoms with Gasteiger partial charge in [-0.2, -0.15) is 0 Å². The summed E-state index contributed by atoms with van der Waals surface area (Å²) >= 11 is 1.51. The fourth-order valence-corrected chi connectivity index (χ4v) is 8.20. The molecule has 0 spiro atoms. The Balaban J connectivity index is 1.09. The molecular weight excluding hydrogens is 456 g/mol. The van der Waals surface area contributed by atoms with Gasteiger partial charge in [-0.15, -0.1) is 0 Å². The monoisotopic (exact) mass is 484 g/mol. The van der Waals surface area contributed by atoms with Crippen LogP contribution in [-0.4, -0.2) is 78.3 Å². The molecule has 1 N–H and O–H groups in total. The molecule has 7 nitrogen and oxygen atoms in total. The van der Waals surface area contributed by atoms with E-state index in [1.165, 1.54) is 17.3 Å². The van der Waals surface area contributed by atoms with Gasteiger partial charge in [0.25, 0.3) is 0 Å². The summed E-state index contributed by atoms with van der Waals surface area (Å²) in [4.78, 5) is 21.7. The number of nitrogens with one attached hydrogen (secondary N) is 1. The van der Waals surface area contributed by atoms with E-state index in [9.17, 15) is 13.2 Å². The molecule has 3 aliphatic rings. The summed E-state index contributed by atoms with van der Waals surface area (Å²) in [6.07, 6.45) is 0.399.